The lowest BCUT2D eigenvalue weighted by molar-refractivity contribution is 0.105. The number of Topliss-reactive ketones (excluding diaryl/α,β-unsaturated/α-hetero) is 1. The fourth-order valence-electron chi connectivity index (χ4n) is 2.53. The number of likely N-dealkylation sites (tertiary alicyclic amines) is 1. The van der Waals surface area contributed by atoms with Gasteiger partial charge in [-0.25, -0.2) is 0 Å². The molecule has 3 rings (SSSR count). The molecule has 0 aliphatic carbocycles. The summed E-state index contributed by atoms with van der Waals surface area (Å²) in [7, 11) is 0. The first-order valence-electron chi connectivity index (χ1n) is 6.89. The van der Waals surface area contributed by atoms with Crippen molar-refractivity contribution in [3.8, 4) is 17.7 Å². The van der Waals surface area contributed by atoms with Gasteiger partial charge in [0.2, 0.25) is 5.78 Å². The Morgan fingerprint density at radius 2 is 2.05 bits per heavy atom. The first kappa shape index (κ1) is 12.1. The summed E-state index contributed by atoms with van der Waals surface area (Å²) in [5, 5.41) is 0. The van der Waals surface area contributed by atoms with E-state index >= 15 is 0 Å². The lowest BCUT2D eigenvalue weighted by Crippen LogP contribution is -2.12. The second kappa shape index (κ2) is 5.36. The average Bonchev–Trinajstić information content (AvgIpc) is 2.97. The summed E-state index contributed by atoms with van der Waals surface area (Å²) < 4.78 is 5.54. The average molecular weight is 255 g/mol. The number of hydrogen-bond acceptors (Lipinski definition) is 3. The molecule has 0 aromatic heterocycles. The van der Waals surface area contributed by atoms with Gasteiger partial charge in [-0.15, -0.1) is 0 Å². The molecule has 1 aromatic carbocycles. The van der Waals surface area contributed by atoms with Crippen LogP contribution in [0.25, 0.3) is 0 Å². The molecule has 19 heavy (non-hydrogen) atoms. The fourth-order valence-corrected chi connectivity index (χ4v) is 2.53. The lowest BCUT2D eigenvalue weighted by atomic mass is 10.0. The number of carbonyl (C=O) groups excluding carboxylic acids is 1. The highest BCUT2D eigenvalue weighted by Crippen LogP contribution is 2.25. The molecule has 0 N–H and O–H groups in total. The Labute approximate surface area is 113 Å². The summed E-state index contributed by atoms with van der Waals surface area (Å²) in [4.78, 5) is 14.1. The molecule has 3 nitrogen and oxygen atoms in total. The van der Waals surface area contributed by atoms with E-state index in [2.05, 4.69) is 12.0 Å². The molecule has 0 atom stereocenters. The molecule has 0 spiro atoms. The van der Waals surface area contributed by atoms with Crippen LogP contribution in [0.4, 0.5) is 0 Å². The predicted octanol–water partition coefficient (Wildman–Crippen LogP) is 2.25. The summed E-state index contributed by atoms with van der Waals surface area (Å²) in [6.07, 6.45) is 4.36. The maximum atomic E-state index is 12.0. The highest BCUT2D eigenvalue weighted by atomic mass is 16.5. The molecule has 2 aliphatic heterocycles. The van der Waals surface area contributed by atoms with Crippen molar-refractivity contribution in [2.24, 2.45) is 0 Å². The second-order valence-electron chi connectivity index (χ2n) is 5.03. The fraction of sp³-hybridized carbons (Fsp3) is 0.438. The van der Waals surface area contributed by atoms with E-state index in [4.69, 9.17) is 4.74 Å². The van der Waals surface area contributed by atoms with Crippen molar-refractivity contribution < 1.29 is 9.53 Å². The third-order valence-corrected chi connectivity index (χ3v) is 3.60. The molecule has 0 amide bonds. The smallest absolute Gasteiger partial charge is 0.237 e. The number of ether oxygens (including phenoxy) is 1. The van der Waals surface area contributed by atoms with Crippen molar-refractivity contribution in [3.05, 3.63) is 29.3 Å². The van der Waals surface area contributed by atoms with E-state index in [1.54, 1.807) is 0 Å². The van der Waals surface area contributed by atoms with Gasteiger partial charge in [-0.2, -0.15) is 0 Å². The highest BCUT2D eigenvalue weighted by molar-refractivity contribution is 6.09. The molecule has 0 unspecified atom stereocenters. The van der Waals surface area contributed by atoms with Crippen molar-refractivity contribution in [1.82, 2.24) is 4.90 Å². The highest BCUT2D eigenvalue weighted by Gasteiger charge is 2.13. The third-order valence-electron chi connectivity index (χ3n) is 3.60. The number of nitrogens with zero attached hydrogens (tertiary/aromatic N) is 1. The number of hydrogen-bond donors (Lipinski definition) is 0. The number of rotatable bonds is 1. The van der Waals surface area contributed by atoms with E-state index in [0.29, 0.717) is 5.56 Å². The summed E-state index contributed by atoms with van der Waals surface area (Å²) in [6.45, 7) is 2.74. The van der Waals surface area contributed by atoms with Crippen LogP contribution in [0.2, 0.25) is 0 Å². The van der Waals surface area contributed by atoms with Gasteiger partial charge in [0.15, 0.2) is 0 Å². The molecule has 3 heteroatoms. The molecule has 0 radical (unpaired) electrons. The summed E-state index contributed by atoms with van der Waals surface area (Å²) in [5.41, 5.74) is 1.80. The van der Waals surface area contributed by atoms with Gasteiger partial charge in [0.1, 0.15) is 5.75 Å². The summed E-state index contributed by atoms with van der Waals surface area (Å²) in [5.74, 6) is 3.56. The maximum absolute atomic E-state index is 12.0. The van der Waals surface area contributed by atoms with Gasteiger partial charge in [0.25, 0.3) is 0 Å². The van der Waals surface area contributed by atoms with Crippen LogP contribution in [0.5, 0.6) is 5.75 Å². The zero-order valence-electron chi connectivity index (χ0n) is 10.9. The van der Waals surface area contributed by atoms with E-state index in [1.807, 2.05) is 23.1 Å². The molecule has 98 valence electrons. The van der Waals surface area contributed by atoms with E-state index < -0.39 is 0 Å². The predicted molar refractivity (Wildman–Crippen MR) is 73.2 cm³/mol. The van der Waals surface area contributed by atoms with Gasteiger partial charge < -0.3 is 9.64 Å². The number of carbonyl (C=O) groups is 1. The molecule has 2 heterocycles. The molecule has 0 saturated carbocycles. The van der Waals surface area contributed by atoms with Gasteiger partial charge in [0, 0.05) is 24.7 Å². The van der Waals surface area contributed by atoms with Crippen LogP contribution < -0.4 is 4.74 Å². The van der Waals surface area contributed by atoms with Crippen molar-refractivity contribution in [2.75, 3.05) is 19.7 Å². The van der Waals surface area contributed by atoms with Gasteiger partial charge in [-0.05, 0) is 55.4 Å². The zero-order chi connectivity index (χ0) is 13.1. The van der Waals surface area contributed by atoms with E-state index in [-0.39, 0.29) is 5.78 Å². The van der Waals surface area contributed by atoms with Crippen molar-refractivity contribution in [3.63, 3.8) is 0 Å². The molecule has 2 aliphatic rings. The van der Waals surface area contributed by atoms with Crippen molar-refractivity contribution in [1.29, 1.82) is 0 Å². The molecule has 1 aromatic rings. The van der Waals surface area contributed by atoms with E-state index in [9.17, 15) is 4.79 Å². The second-order valence-corrected chi connectivity index (χ2v) is 5.03. The van der Waals surface area contributed by atoms with Crippen LogP contribution in [-0.4, -0.2) is 30.4 Å². The zero-order valence-corrected chi connectivity index (χ0v) is 10.9. The van der Waals surface area contributed by atoms with Gasteiger partial charge in [-0.3, -0.25) is 4.79 Å². The van der Waals surface area contributed by atoms with Crippen LogP contribution >= 0.6 is 0 Å². The van der Waals surface area contributed by atoms with Gasteiger partial charge in [-0.1, -0.05) is 0 Å². The first-order chi connectivity index (χ1) is 9.33. The molecule has 0 bridgehead atoms. The Balaban J connectivity index is 1.76. The SMILES string of the molecule is O=C(C#CN1CCCC1)c1ccc2c(c1)CCCO2. The van der Waals surface area contributed by atoms with Crippen LogP contribution in [0.1, 0.15) is 35.2 Å². The maximum Gasteiger partial charge on any atom is 0.237 e. The molecular formula is C16H17NO2. The molecule has 1 saturated heterocycles. The minimum absolute atomic E-state index is 0.0970. The van der Waals surface area contributed by atoms with E-state index in [1.165, 1.54) is 12.8 Å². The van der Waals surface area contributed by atoms with Gasteiger partial charge in [0.05, 0.1) is 6.61 Å². The van der Waals surface area contributed by atoms with Crippen molar-refractivity contribution in [2.45, 2.75) is 25.7 Å². The normalized spacial score (nSPS) is 17.2. The van der Waals surface area contributed by atoms with Crippen LogP contribution in [0.3, 0.4) is 0 Å². The quantitative estimate of drug-likeness (QED) is 0.569. The standard InChI is InChI=1S/C16H17NO2/c18-15(7-10-17-8-1-2-9-17)13-5-6-16-14(12-13)4-3-11-19-16/h5-6,12H,1-4,8-9,11H2. The Hall–Kier alpha value is -1.95. The Morgan fingerprint density at radius 1 is 1.21 bits per heavy atom. The summed E-state index contributed by atoms with van der Waals surface area (Å²) >= 11 is 0. The Kier molecular flexibility index (Phi) is 3.41. The third kappa shape index (κ3) is 2.73. The largest absolute Gasteiger partial charge is 0.493 e. The number of benzene rings is 1. The minimum atomic E-state index is -0.0970. The lowest BCUT2D eigenvalue weighted by Gasteiger charge is -2.17. The number of aryl methyl sites for hydroxylation is 1. The minimum Gasteiger partial charge on any atom is -0.493 e. The number of ketones is 1. The van der Waals surface area contributed by atoms with Crippen molar-refractivity contribution >= 4 is 5.78 Å². The van der Waals surface area contributed by atoms with Crippen LogP contribution in [0.15, 0.2) is 18.2 Å². The first-order valence-corrected chi connectivity index (χ1v) is 6.89. The molecular weight excluding hydrogens is 238 g/mol. The topological polar surface area (TPSA) is 29.5 Å². The Morgan fingerprint density at radius 3 is 2.89 bits per heavy atom. The molecule has 1 fully saturated rings. The monoisotopic (exact) mass is 255 g/mol. The van der Waals surface area contributed by atoms with Crippen LogP contribution in [0, 0.1) is 12.0 Å². The number of fused-ring (bicyclic) bond motifs is 1. The van der Waals surface area contributed by atoms with E-state index in [0.717, 1.165) is 43.9 Å². The van der Waals surface area contributed by atoms with Crippen LogP contribution in [-0.2, 0) is 6.42 Å². The van der Waals surface area contributed by atoms with Gasteiger partial charge >= 0.3 is 0 Å². The Bertz CT molecular complexity index is 548. The summed E-state index contributed by atoms with van der Waals surface area (Å²) in [6, 6.07) is 8.59.